The molecule has 0 bridgehead atoms. The van der Waals surface area contributed by atoms with E-state index in [9.17, 15) is 0 Å². The molecular formula is C56H48N2Si. The number of rotatable bonds is 6. The lowest BCUT2D eigenvalue weighted by molar-refractivity contribution is 0.332. The standard InChI is InChI=1S/C56H48N2Si/c1-55(2)34-35-56(3,4)50-38-44(31-32-49(50)55)59(41-19-7-5-8-20-41,42-21-9-6-10-22-42)43-23-17-18-39(36-43)57-53-29-16-13-26-47(53)48-37-40(30-33-54(48)57)58-51-27-14-11-24-45(51)46-25-12-15-28-52(46)58/h5-33,36-38H,34-35H2,1-4H3. The molecule has 0 saturated heterocycles. The number of para-hydroxylation sites is 3. The van der Waals surface area contributed by atoms with Crippen LogP contribution in [0.4, 0.5) is 0 Å². The van der Waals surface area contributed by atoms with Crippen LogP contribution in [-0.4, -0.2) is 17.2 Å². The Balaban J connectivity index is 1.17. The third-order valence-corrected chi connectivity index (χ3v) is 18.5. The lowest BCUT2D eigenvalue weighted by Crippen LogP contribution is -2.75. The fourth-order valence-corrected chi connectivity index (χ4v) is 15.4. The minimum atomic E-state index is -2.86. The Morgan fingerprint density at radius 3 is 1.36 bits per heavy atom. The van der Waals surface area contributed by atoms with Crippen LogP contribution in [0.15, 0.2) is 194 Å². The zero-order chi connectivity index (χ0) is 39.9. The highest BCUT2D eigenvalue weighted by atomic mass is 28.3. The number of nitrogens with zero attached hydrogens (tertiary/aromatic N) is 2. The van der Waals surface area contributed by atoms with E-state index >= 15 is 0 Å². The largest absolute Gasteiger partial charge is 0.309 e. The zero-order valence-electron chi connectivity index (χ0n) is 34.3. The van der Waals surface area contributed by atoms with Gasteiger partial charge in [-0.2, -0.15) is 0 Å². The average molecular weight is 777 g/mol. The monoisotopic (exact) mass is 776 g/mol. The van der Waals surface area contributed by atoms with Crippen molar-refractivity contribution >= 4 is 72.4 Å². The van der Waals surface area contributed by atoms with Crippen LogP contribution in [0.5, 0.6) is 0 Å². The van der Waals surface area contributed by atoms with E-state index < -0.39 is 8.07 Å². The predicted octanol–water partition coefficient (Wildman–Crippen LogP) is 11.6. The summed E-state index contributed by atoms with van der Waals surface area (Å²) in [6.45, 7) is 9.77. The van der Waals surface area contributed by atoms with Crippen LogP contribution in [0.3, 0.4) is 0 Å². The number of hydrogen-bond donors (Lipinski definition) is 0. The Morgan fingerprint density at radius 2 is 0.780 bits per heavy atom. The van der Waals surface area contributed by atoms with Crippen molar-refractivity contribution in [3.63, 3.8) is 0 Å². The normalized spacial score (nSPS) is 14.9. The summed E-state index contributed by atoms with van der Waals surface area (Å²) in [6.07, 6.45) is 2.39. The van der Waals surface area contributed by atoms with Crippen molar-refractivity contribution in [3.8, 4) is 11.4 Å². The molecule has 11 rings (SSSR count). The van der Waals surface area contributed by atoms with Crippen molar-refractivity contribution in [3.05, 3.63) is 205 Å². The summed E-state index contributed by atoms with van der Waals surface area (Å²) in [6, 6.07) is 73.5. The van der Waals surface area contributed by atoms with Gasteiger partial charge in [-0.05, 0) is 104 Å². The molecule has 2 nitrogen and oxygen atoms in total. The molecule has 286 valence electrons. The van der Waals surface area contributed by atoms with E-state index in [0.717, 1.165) is 0 Å². The second kappa shape index (κ2) is 13.3. The molecule has 8 aromatic carbocycles. The maximum Gasteiger partial charge on any atom is 0.179 e. The van der Waals surface area contributed by atoms with E-state index in [-0.39, 0.29) is 10.8 Å². The predicted molar refractivity (Wildman–Crippen MR) is 254 cm³/mol. The van der Waals surface area contributed by atoms with E-state index in [4.69, 9.17) is 0 Å². The Hall–Kier alpha value is -6.42. The van der Waals surface area contributed by atoms with Gasteiger partial charge in [-0.3, -0.25) is 0 Å². The first-order valence-electron chi connectivity index (χ1n) is 21.1. The average Bonchev–Trinajstić information content (AvgIpc) is 3.79. The molecule has 0 amide bonds. The van der Waals surface area contributed by atoms with Crippen molar-refractivity contribution in [1.29, 1.82) is 0 Å². The minimum Gasteiger partial charge on any atom is -0.309 e. The molecule has 2 aromatic heterocycles. The maximum absolute atomic E-state index is 2.86. The summed E-state index contributed by atoms with van der Waals surface area (Å²) in [4.78, 5) is 0. The number of benzene rings is 8. The van der Waals surface area contributed by atoms with E-state index in [0.29, 0.717) is 0 Å². The fourth-order valence-electron chi connectivity index (χ4n) is 10.7. The highest BCUT2D eigenvalue weighted by Gasteiger charge is 2.44. The van der Waals surface area contributed by atoms with Crippen LogP contribution in [0.25, 0.3) is 55.0 Å². The van der Waals surface area contributed by atoms with Gasteiger partial charge in [-0.15, -0.1) is 0 Å². The van der Waals surface area contributed by atoms with Crippen molar-refractivity contribution in [2.24, 2.45) is 0 Å². The molecule has 2 heterocycles. The van der Waals surface area contributed by atoms with Gasteiger partial charge in [0.05, 0.1) is 22.1 Å². The topological polar surface area (TPSA) is 9.86 Å². The molecule has 0 aliphatic heterocycles. The molecule has 0 unspecified atom stereocenters. The van der Waals surface area contributed by atoms with Gasteiger partial charge in [-0.25, -0.2) is 0 Å². The highest BCUT2D eigenvalue weighted by Crippen LogP contribution is 2.45. The zero-order valence-corrected chi connectivity index (χ0v) is 35.3. The van der Waals surface area contributed by atoms with Gasteiger partial charge in [0.1, 0.15) is 0 Å². The Morgan fingerprint density at radius 1 is 0.339 bits per heavy atom. The third-order valence-electron chi connectivity index (χ3n) is 13.7. The minimum absolute atomic E-state index is 0.0945. The molecule has 10 aromatic rings. The van der Waals surface area contributed by atoms with Gasteiger partial charge >= 0.3 is 0 Å². The Kier molecular flexibility index (Phi) is 8.06. The SMILES string of the molecule is CC1(C)CCC(C)(C)c2cc([Si](c3ccccc3)(c3ccccc3)c3cccc(-n4c5ccccc5c5cc(-n6c7ccccc7c7ccccc76)ccc54)c3)ccc21. The van der Waals surface area contributed by atoms with E-state index in [1.807, 2.05) is 0 Å². The number of fused-ring (bicyclic) bond motifs is 7. The second-order valence-electron chi connectivity index (χ2n) is 18.0. The first-order valence-corrected chi connectivity index (χ1v) is 23.1. The summed E-state index contributed by atoms with van der Waals surface area (Å²) in [5.74, 6) is 0. The van der Waals surface area contributed by atoms with Crippen molar-refractivity contribution < 1.29 is 0 Å². The molecule has 1 aliphatic rings. The van der Waals surface area contributed by atoms with Crippen LogP contribution in [0.2, 0.25) is 0 Å². The first kappa shape index (κ1) is 35.7. The number of aromatic nitrogens is 2. The lowest BCUT2D eigenvalue weighted by Gasteiger charge is -2.43. The number of hydrogen-bond acceptors (Lipinski definition) is 0. The van der Waals surface area contributed by atoms with Crippen LogP contribution < -0.4 is 20.7 Å². The summed E-state index contributed by atoms with van der Waals surface area (Å²) < 4.78 is 4.93. The molecule has 59 heavy (non-hydrogen) atoms. The Labute approximate surface area is 348 Å². The van der Waals surface area contributed by atoms with Gasteiger partial charge in [0.25, 0.3) is 0 Å². The van der Waals surface area contributed by atoms with Crippen LogP contribution in [-0.2, 0) is 10.8 Å². The van der Waals surface area contributed by atoms with Crippen molar-refractivity contribution in [2.75, 3.05) is 0 Å². The summed E-state index contributed by atoms with van der Waals surface area (Å²) in [7, 11) is -2.86. The van der Waals surface area contributed by atoms with Gasteiger partial charge < -0.3 is 9.13 Å². The van der Waals surface area contributed by atoms with E-state index in [1.54, 1.807) is 0 Å². The smallest absolute Gasteiger partial charge is 0.179 e. The summed E-state index contributed by atoms with van der Waals surface area (Å²) in [5.41, 5.74) is 10.5. The third kappa shape index (κ3) is 5.37. The molecule has 0 atom stereocenters. The lowest BCUT2D eigenvalue weighted by atomic mass is 9.63. The quantitative estimate of drug-likeness (QED) is 0.118. The molecule has 0 saturated carbocycles. The fraction of sp³-hybridized carbons (Fsp3) is 0.143. The molecule has 0 fully saturated rings. The first-order chi connectivity index (χ1) is 28.8. The van der Waals surface area contributed by atoms with Crippen LogP contribution in [0.1, 0.15) is 51.7 Å². The maximum atomic E-state index is 2.63. The van der Waals surface area contributed by atoms with Gasteiger partial charge in [-0.1, -0.05) is 173 Å². The summed E-state index contributed by atoms with van der Waals surface area (Å²) >= 11 is 0. The molecule has 0 spiro atoms. The van der Waals surface area contributed by atoms with Crippen molar-refractivity contribution in [1.82, 2.24) is 9.13 Å². The summed E-state index contributed by atoms with van der Waals surface area (Å²) in [5, 5.41) is 10.7. The van der Waals surface area contributed by atoms with E-state index in [2.05, 4.69) is 231 Å². The van der Waals surface area contributed by atoms with Crippen molar-refractivity contribution in [2.45, 2.75) is 51.4 Å². The van der Waals surface area contributed by atoms with Gasteiger partial charge in [0.15, 0.2) is 8.07 Å². The molecular weight excluding hydrogens is 729 g/mol. The van der Waals surface area contributed by atoms with E-state index in [1.165, 1.54) is 99.7 Å². The van der Waals surface area contributed by atoms with Gasteiger partial charge in [0.2, 0.25) is 0 Å². The Bertz CT molecular complexity index is 3130. The molecule has 1 aliphatic carbocycles. The molecule has 0 N–H and O–H groups in total. The van der Waals surface area contributed by atoms with Gasteiger partial charge in [0, 0.05) is 32.9 Å². The molecule has 0 radical (unpaired) electrons. The van der Waals surface area contributed by atoms with Crippen LogP contribution >= 0.6 is 0 Å². The van der Waals surface area contributed by atoms with Crippen LogP contribution in [0, 0.1) is 0 Å². The second-order valence-corrected chi connectivity index (χ2v) is 21.8. The molecule has 3 heteroatoms. The highest BCUT2D eigenvalue weighted by molar-refractivity contribution is 7.19.